The average molecular weight is 170 g/mol. The minimum Gasteiger partial charge on any atom is -0.204 e. The average Bonchev–Trinajstić information content (AvgIpc) is 1.92. The molecule has 12 heavy (non-hydrogen) atoms. The first kappa shape index (κ1) is 9.17. The molecular weight excluding hydrogens is 158 g/mol. The largest absolute Gasteiger partial charge is 0.204 e. The standard InChI is InChI=1S/C10H12F2/c1-10(2,3)7-4-5-8(11)9(12)6-7/h4-6H,1-3H3. The molecule has 0 atom stereocenters. The van der Waals surface area contributed by atoms with Gasteiger partial charge in [-0.1, -0.05) is 26.8 Å². The molecule has 2 heteroatoms. The minimum absolute atomic E-state index is 0.130. The molecule has 0 nitrogen and oxygen atoms in total. The summed E-state index contributed by atoms with van der Waals surface area (Å²) in [5.41, 5.74) is 0.676. The third kappa shape index (κ3) is 1.81. The lowest BCUT2D eigenvalue weighted by Gasteiger charge is -2.18. The van der Waals surface area contributed by atoms with Gasteiger partial charge in [-0.05, 0) is 23.1 Å². The summed E-state index contributed by atoms with van der Waals surface area (Å²) in [6.45, 7) is 5.87. The molecule has 0 aliphatic carbocycles. The zero-order valence-electron chi connectivity index (χ0n) is 7.49. The molecular formula is C10H12F2. The van der Waals surface area contributed by atoms with Gasteiger partial charge in [-0.25, -0.2) is 8.78 Å². The van der Waals surface area contributed by atoms with Crippen LogP contribution in [0.3, 0.4) is 0 Å². The Balaban J connectivity index is 3.14. The molecule has 1 aromatic carbocycles. The summed E-state index contributed by atoms with van der Waals surface area (Å²) in [6, 6.07) is 4.02. The summed E-state index contributed by atoms with van der Waals surface area (Å²) in [6.07, 6.45) is 0. The lowest BCUT2D eigenvalue weighted by molar-refractivity contribution is 0.499. The van der Waals surface area contributed by atoms with Gasteiger partial charge in [-0.2, -0.15) is 0 Å². The molecule has 0 aromatic heterocycles. The van der Waals surface area contributed by atoms with Crippen LogP contribution in [0.15, 0.2) is 18.2 Å². The third-order valence-corrected chi connectivity index (χ3v) is 1.79. The molecule has 0 N–H and O–H groups in total. The SMILES string of the molecule is CC(C)(C)c1ccc(F)c(F)c1. The molecule has 0 saturated carbocycles. The summed E-state index contributed by atoms with van der Waals surface area (Å²) in [5, 5.41) is 0. The fourth-order valence-corrected chi connectivity index (χ4v) is 0.963. The number of benzene rings is 1. The summed E-state index contributed by atoms with van der Waals surface area (Å²) in [4.78, 5) is 0. The van der Waals surface area contributed by atoms with Gasteiger partial charge < -0.3 is 0 Å². The fourth-order valence-electron chi connectivity index (χ4n) is 0.963. The third-order valence-electron chi connectivity index (χ3n) is 1.79. The molecule has 0 amide bonds. The highest BCUT2D eigenvalue weighted by atomic mass is 19.2. The maximum absolute atomic E-state index is 12.7. The second-order valence-corrected chi connectivity index (χ2v) is 3.88. The predicted octanol–water partition coefficient (Wildman–Crippen LogP) is 3.26. The van der Waals surface area contributed by atoms with E-state index < -0.39 is 11.6 Å². The van der Waals surface area contributed by atoms with Gasteiger partial charge >= 0.3 is 0 Å². The Morgan fingerprint density at radius 1 is 1.00 bits per heavy atom. The smallest absolute Gasteiger partial charge is 0.159 e. The second kappa shape index (κ2) is 2.85. The van der Waals surface area contributed by atoms with E-state index in [4.69, 9.17) is 0 Å². The topological polar surface area (TPSA) is 0 Å². The van der Waals surface area contributed by atoms with E-state index in [2.05, 4.69) is 0 Å². The molecule has 0 aliphatic heterocycles. The normalized spacial score (nSPS) is 11.8. The van der Waals surface area contributed by atoms with Crippen molar-refractivity contribution in [2.45, 2.75) is 26.2 Å². The van der Waals surface area contributed by atoms with Crippen molar-refractivity contribution in [3.05, 3.63) is 35.4 Å². The van der Waals surface area contributed by atoms with Crippen LogP contribution in [0.4, 0.5) is 8.78 Å². The highest BCUT2D eigenvalue weighted by Crippen LogP contribution is 2.23. The van der Waals surface area contributed by atoms with E-state index in [1.54, 1.807) is 6.07 Å². The zero-order valence-corrected chi connectivity index (χ0v) is 7.49. The van der Waals surface area contributed by atoms with Gasteiger partial charge in [0.1, 0.15) is 0 Å². The van der Waals surface area contributed by atoms with E-state index >= 15 is 0 Å². The van der Waals surface area contributed by atoms with Gasteiger partial charge in [0.2, 0.25) is 0 Å². The molecule has 0 spiro atoms. The van der Waals surface area contributed by atoms with E-state index in [-0.39, 0.29) is 5.41 Å². The van der Waals surface area contributed by atoms with Gasteiger partial charge in [0, 0.05) is 0 Å². The zero-order chi connectivity index (χ0) is 9.35. The van der Waals surface area contributed by atoms with Crippen LogP contribution in [0.5, 0.6) is 0 Å². The lowest BCUT2D eigenvalue weighted by atomic mass is 9.87. The summed E-state index contributed by atoms with van der Waals surface area (Å²) >= 11 is 0. The van der Waals surface area contributed by atoms with Crippen LogP contribution < -0.4 is 0 Å². The minimum atomic E-state index is -0.789. The Labute approximate surface area is 71.2 Å². The summed E-state index contributed by atoms with van der Waals surface area (Å²) < 4.78 is 25.2. The van der Waals surface area contributed by atoms with Crippen LogP contribution >= 0.6 is 0 Å². The first-order valence-electron chi connectivity index (χ1n) is 3.87. The van der Waals surface area contributed by atoms with E-state index in [0.29, 0.717) is 0 Å². The van der Waals surface area contributed by atoms with Crippen molar-refractivity contribution in [3.63, 3.8) is 0 Å². The Kier molecular flexibility index (Phi) is 2.18. The van der Waals surface area contributed by atoms with Crippen LogP contribution in [0, 0.1) is 11.6 Å². The molecule has 0 saturated heterocycles. The Morgan fingerprint density at radius 3 is 2.00 bits per heavy atom. The molecule has 0 radical (unpaired) electrons. The van der Waals surface area contributed by atoms with Crippen LogP contribution in [-0.4, -0.2) is 0 Å². The molecule has 0 heterocycles. The lowest BCUT2D eigenvalue weighted by Crippen LogP contribution is -2.11. The van der Waals surface area contributed by atoms with E-state index in [1.807, 2.05) is 20.8 Å². The number of halogens is 2. The molecule has 66 valence electrons. The van der Waals surface area contributed by atoms with Crippen LogP contribution in [0.25, 0.3) is 0 Å². The quantitative estimate of drug-likeness (QED) is 0.560. The van der Waals surface area contributed by atoms with Gasteiger partial charge in [0.25, 0.3) is 0 Å². The Morgan fingerprint density at radius 2 is 1.58 bits per heavy atom. The van der Waals surface area contributed by atoms with Gasteiger partial charge in [0.15, 0.2) is 11.6 Å². The van der Waals surface area contributed by atoms with Crippen molar-refractivity contribution in [3.8, 4) is 0 Å². The molecule has 1 rings (SSSR count). The first-order chi connectivity index (χ1) is 5.41. The predicted molar refractivity (Wildman–Crippen MR) is 45.1 cm³/mol. The Hall–Kier alpha value is -0.920. The van der Waals surface area contributed by atoms with E-state index in [9.17, 15) is 8.78 Å². The van der Waals surface area contributed by atoms with Crippen molar-refractivity contribution in [1.29, 1.82) is 0 Å². The number of hydrogen-bond donors (Lipinski definition) is 0. The second-order valence-electron chi connectivity index (χ2n) is 3.88. The highest BCUT2D eigenvalue weighted by Gasteiger charge is 2.15. The van der Waals surface area contributed by atoms with Crippen LogP contribution in [-0.2, 0) is 5.41 Å². The monoisotopic (exact) mass is 170 g/mol. The number of rotatable bonds is 0. The molecule has 0 bridgehead atoms. The van der Waals surface area contributed by atoms with Crippen molar-refractivity contribution in [2.24, 2.45) is 0 Å². The molecule has 0 fully saturated rings. The first-order valence-corrected chi connectivity index (χ1v) is 3.87. The summed E-state index contributed by atoms with van der Waals surface area (Å²) in [7, 11) is 0. The van der Waals surface area contributed by atoms with Gasteiger partial charge in [-0.3, -0.25) is 0 Å². The number of hydrogen-bond acceptors (Lipinski definition) is 0. The molecule has 0 unspecified atom stereocenters. The highest BCUT2D eigenvalue weighted by molar-refractivity contribution is 5.24. The molecule has 0 aliphatic rings. The Bertz CT molecular complexity index is 284. The van der Waals surface area contributed by atoms with Crippen molar-refractivity contribution in [1.82, 2.24) is 0 Å². The van der Waals surface area contributed by atoms with Gasteiger partial charge in [-0.15, -0.1) is 0 Å². The van der Waals surface area contributed by atoms with Crippen LogP contribution in [0.2, 0.25) is 0 Å². The van der Waals surface area contributed by atoms with E-state index in [0.717, 1.165) is 11.6 Å². The van der Waals surface area contributed by atoms with Crippen LogP contribution in [0.1, 0.15) is 26.3 Å². The fraction of sp³-hybridized carbons (Fsp3) is 0.400. The summed E-state index contributed by atoms with van der Waals surface area (Å²) in [5.74, 6) is -1.56. The van der Waals surface area contributed by atoms with Crippen molar-refractivity contribution >= 4 is 0 Å². The van der Waals surface area contributed by atoms with Crippen molar-refractivity contribution < 1.29 is 8.78 Å². The maximum atomic E-state index is 12.7. The molecule has 1 aromatic rings. The maximum Gasteiger partial charge on any atom is 0.159 e. The van der Waals surface area contributed by atoms with Crippen molar-refractivity contribution in [2.75, 3.05) is 0 Å². The van der Waals surface area contributed by atoms with Gasteiger partial charge in [0.05, 0.1) is 0 Å². The van der Waals surface area contributed by atoms with E-state index in [1.165, 1.54) is 6.07 Å².